The van der Waals surface area contributed by atoms with Crippen LogP contribution in [0.2, 0.25) is 0 Å². The maximum atomic E-state index is 12.2. The molecular formula is C20H25N3O5S. The number of amides is 2. The van der Waals surface area contributed by atoms with Crippen molar-refractivity contribution in [3.8, 4) is 0 Å². The molecule has 1 aromatic rings. The molecule has 0 bridgehead atoms. The number of hydrogen-bond donors (Lipinski definition) is 2. The van der Waals surface area contributed by atoms with Crippen molar-refractivity contribution in [1.82, 2.24) is 15.5 Å². The number of methoxy groups -OCH3 is 1. The number of hydrogen-bond acceptors (Lipinski definition) is 6. The van der Waals surface area contributed by atoms with Crippen LogP contribution in [-0.2, 0) is 23.9 Å². The van der Waals surface area contributed by atoms with E-state index in [1.807, 2.05) is 31.2 Å². The number of aryl methyl sites for hydroxylation is 1. The molecule has 1 fully saturated rings. The average Bonchev–Trinajstić information content (AvgIpc) is 2.69. The lowest BCUT2D eigenvalue weighted by molar-refractivity contribution is -0.148. The zero-order valence-corrected chi connectivity index (χ0v) is 17.3. The summed E-state index contributed by atoms with van der Waals surface area (Å²) in [7, 11) is 1.50. The second-order valence-corrected chi connectivity index (χ2v) is 6.84. The number of ether oxygens (including phenoxy) is 2. The highest BCUT2D eigenvalue weighted by Gasteiger charge is 2.34. The monoisotopic (exact) mass is 419 g/mol. The summed E-state index contributed by atoms with van der Waals surface area (Å²) in [5.74, 6) is -1.29. The number of carbonyl (C=O) groups excluding carboxylic acids is 3. The topological polar surface area (TPSA) is 97.0 Å². The largest absolute Gasteiger partial charge is 0.463 e. The van der Waals surface area contributed by atoms with Gasteiger partial charge in [0.25, 0.3) is 0 Å². The third-order valence-electron chi connectivity index (χ3n) is 4.24. The molecule has 0 radical (unpaired) electrons. The molecule has 1 atom stereocenters. The molecule has 29 heavy (non-hydrogen) atoms. The van der Waals surface area contributed by atoms with Crippen molar-refractivity contribution in [2.75, 3.05) is 33.4 Å². The van der Waals surface area contributed by atoms with E-state index < -0.39 is 17.9 Å². The summed E-state index contributed by atoms with van der Waals surface area (Å²) in [6.45, 7) is 3.10. The van der Waals surface area contributed by atoms with E-state index in [2.05, 4.69) is 10.6 Å². The Labute approximate surface area is 175 Å². The fourth-order valence-electron chi connectivity index (χ4n) is 2.68. The van der Waals surface area contributed by atoms with Gasteiger partial charge in [0.1, 0.15) is 12.6 Å². The summed E-state index contributed by atoms with van der Waals surface area (Å²) in [6, 6.07) is 6.86. The van der Waals surface area contributed by atoms with Crippen LogP contribution in [0.25, 0.3) is 6.08 Å². The van der Waals surface area contributed by atoms with E-state index >= 15 is 0 Å². The minimum Gasteiger partial charge on any atom is -0.463 e. The van der Waals surface area contributed by atoms with Crippen LogP contribution in [0, 0.1) is 6.92 Å². The second kappa shape index (κ2) is 11.3. The van der Waals surface area contributed by atoms with Gasteiger partial charge >= 0.3 is 5.97 Å². The number of rotatable bonds is 7. The fraction of sp³-hybridized carbons (Fsp3) is 0.400. The van der Waals surface area contributed by atoms with Gasteiger partial charge in [-0.25, -0.2) is 0 Å². The smallest absolute Gasteiger partial charge is 0.308 e. The molecule has 1 aromatic carbocycles. The van der Waals surface area contributed by atoms with Crippen molar-refractivity contribution < 1.29 is 23.9 Å². The number of nitrogens with one attached hydrogen (secondary N) is 2. The Morgan fingerprint density at radius 2 is 2.03 bits per heavy atom. The highest BCUT2D eigenvalue weighted by atomic mass is 32.1. The highest BCUT2D eigenvalue weighted by Crippen LogP contribution is 2.11. The zero-order chi connectivity index (χ0) is 21.2. The highest BCUT2D eigenvalue weighted by molar-refractivity contribution is 7.80. The molecule has 156 valence electrons. The van der Waals surface area contributed by atoms with E-state index in [0.717, 1.165) is 11.1 Å². The van der Waals surface area contributed by atoms with Gasteiger partial charge in [0.05, 0.1) is 13.0 Å². The molecule has 0 aliphatic carbocycles. The standard InChI is InChI=1S/C20H25N3O5S/c1-14-3-5-15(6-4-14)7-8-17(24)22-20(29)23-10-9-21-19(26)16(23)13-18(25)28-12-11-27-2/h3-8,16H,9-13H2,1-2H3,(H,21,26)(H,22,24,29)/b8-7+. The second-order valence-electron chi connectivity index (χ2n) is 6.46. The van der Waals surface area contributed by atoms with Crippen LogP contribution in [0.4, 0.5) is 0 Å². The molecule has 1 aliphatic heterocycles. The molecule has 1 aliphatic rings. The van der Waals surface area contributed by atoms with E-state index in [-0.39, 0.29) is 30.7 Å². The van der Waals surface area contributed by atoms with Gasteiger partial charge in [0.2, 0.25) is 11.8 Å². The van der Waals surface area contributed by atoms with Gasteiger partial charge in [0, 0.05) is 26.3 Å². The van der Waals surface area contributed by atoms with Crippen molar-refractivity contribution in [3.05, 3.63) is 41.5 Å². The summed E-state index contributed by atoms with van der Waals surface area (Å²) < 4.78 is 9.85. The predicted octanol–water partition coefficient (Wildman–Crippen LogP) is 0.789. The summed E-state index contributed by atoms with van der Waals surface area (Å²) in [6.07, 6.45) is 2.87. The molecule has 0 saturated carbocycles. The van der Waals surface area contributed by atoms with Gasteiger partial charge in [0.15, 0.2) is 5.11 Å². The molecule has 8 nitrogen and oxygen atoms in total. The summed E-state index contributed by atoms with van der Waals surface area (Å²) in [5.41, 5.74) is 2.01. The van der Waals surface area contributed by atoms with Crippen molar-refractivity contribution in [3.63, 3.8) is 0 Å². The lowest BCUT2D eigenvalue weighted by atomic mass is 10.1. The van der Waals surface area contributed by atoms with Crippen LogP contribution in [0.15, 0.2) is 30.3 Å². The van der Waals surface area contributed by atoms with Crippen LogP contribution < -0.4 is 10.6 Å². The van der Waals surface area contributed by atoms with Gasteiger partial charge in [-0.15, -0.1) is 0 Å². The Morgan fingerprint density at radius 1 is 1.31 bits per heavy atom. The van der Waals surface area contributed by atoms with E-state index in [9.17, 15) is 14.4 Å². The Balaban J connectivity index is 1.94. The van der Waals surface area contributed by atoms with Crippen molar-refractivity contribution in [1.29, 1.82) is 0 Å². The van der Waals surface area contributed by atoms with Crippen LogP contribution in [-0.4, -0.2) is 67.3 Å². The molecule has 1 saturated heterocycles. The summed E-state index contributed by atoms with van der Waals surface area (Å²) in [4.78, 5) is 37.9. The molecule has 2 amide bonds. The van der Waals surface area contributed by atoms with Gasteiger partial charge in [-0.2, -0.15) is 0 Å². The maximum absolute atomic E-state index is 12.2. The first-order chi connectivity index (χ1) is 13.9. The van der Waals surface area contributed by atoms with Crippen molar-refractivity contribution in [2.45, 2.75) is 19.4 Å². The molecular weight excluding hydrogens is 394 g/mol. The van der Waals surface area contributed by atoms with Crippen molar-refractivity contribution in [2.24, 2.45) is 0 Å². The van der Waals surface area contributed by atoms with Gasteiger partial charge in [-0.05, 0) is 30.8 Å². The quantitative estimate of drug-likeness (QED) is 0.292. The minimum absolute atomic E-state index is 0.0908. The Bertz CT molecular complexity index is 779. The van der Waals surface area contributed by atoms with E-state index in [4.69, 9.17) is 21.7 Å². The van der Waals surface area contributed by atoms with Crippen LogP contribution in [0.3, 0.4) is 0 Å². The SMILES string of the molecule is COCCOC(=O)CC1C(=O)NCCN1C(=S)NC(=O)/C=C/c1ccc(C)cc1. The van der Waals surface area contributed by atoms with Gasteiger partial charge in [-0.1, -0.05) is 29.8 Å². The lowest BCUT2D eigenvalue weighted by Gasteiger charge is -2.36. The van der Waals surface area contributed by atoms with E-state index in [0.29, 0.717) is 13.1 Å². The van der Waals surface area contributed by atoms with Gasteiger partial charge in [-0.3, -0.25) is 19.7 Å². The third kappa shape index (κ3) is 7.28. The van der Waals surface area contributed by atoms with Crippen LogP contribution in [0.5, 0.6) is 0 Å². The minimum atomic E-state index is -0.840. The molecule has 2 rings (SSSR count). The van der Waals surface area contributed by atoms with Crippen molar-refractivity contribution >= 4 is 41.2 Å². The molecule has 0 aromatic heterocycles. The normalized spacial score (nSPS) is 16.4. The number of thiocarbonyl (C=S) groups is 1. The Kier molecular flexibility index (Phi) is 8.75. The lowest BCUT2D eigenvalue weighted by Crippen LogP contribution is -2.60. The first-order valence-corrected chi connectivity index (χ1v) is 9.60. The maximum Gasteiger partial charge on any atom is 0.308 e. The third-order valence-corrected chi connectivity index (χ3v) is 4.57. The predicted molar refractivity (Wildman–Crippen MR) is 112 cm³/mol. The first kappa shape index (κ1) is 22.5. The fourth-order valence-corrected chi connectivity index (χ4v) is 3.00. The zero-order valence-electron chi connectivity index (χ0n) is 16.5. The Morgan fingerprint density at radius 3 is 2.72 bits per heavy atom. The molecule has 1 unspecified atom stereocenters. The number of nitrogens with zero attached hydrogens (tertiary/aromatic N) is 1. The Hall–Kier alpha value is -2.78. The van der Waals surface area contributed by atoms with E-state index in [1.54, 1.807) is 6.08 Å². The number of carbonyl (C=O) groups is 3. The van der Waals surface area contributed by atoms with Crippen LogP contribution in [0.1, 0.15) is 17.5 Å². The number of benzene rings is 1. The molecule has 9 heteroatoms. The van der Waals surface area contributed by atoms with E-state index in [1.165, 1.54) is 18.1 Å². The number of esters is 1. The number of piperazine rings is 1. The average molecular weight is 420 g/mol. The molecule has 0 spiro atoms. The molecule has 2 N–H and O–H groups in total. The summed E-state index contributed by atoms with van der Waals surface area (Å²) >= 11 is 5.30. The van der Waals surface area contributed by atoms with Crippen LogP contribution >= 0.6 is 12.2 Å². The summed E-state index contributed by atoms with van der Waals surface area (Å²) in [5, 5.41) is 5.37. The first-order valence-electron chi connectivity index (χ1n) is 9.19. The molecule has 1 heterocycles. The van der Waals surface area contributed by atoms with Gasteiger partial charge < -0.3 is 19.7 Å².